The second kappa shape index (κ2) is 9.06. The van der Waals surface area contributed by atoms with Gasteiger partial charge in [-0.25, -0.2) is 20.4 Å². The molecule has 1 amide bonds. The Morgan fingerprint density at radius 1 is 1.27 bits per heavy atom. The van der Waals surface area contributed by atoms with Crippen molar-refractivity contribution in [1.82, 2.24) is 25.0 Å². The minimum absolute atomic E-state index is 0.203. The number of hydroxylamine groups is 1. The van der Waals surface area contributed by atoms with Crippen LogP contribution in [0, 0.1) is 0 Å². The number of carbonyl (C=O) groups excluding carboxylic acids is 1. The summed E-state index contributed by atoms with van der Waals surface area (Å²) in [6, 6.07) is 3.78. The zero-order chi connectivity index (χ0) is 21.1. The molecule has 1 aliphatic heterocycles. The van der Waals surface area contributed by atoms with E-state index in [0.29, 0.717) is 41.4 Å². The maximum Gasteiger partial charge on any atom is 0.243 e. The second-order valence-corrected chi connectivity index (χ2v) is 8.42. The number of nitrogen functional groups attached to an aromatic ring is 1. The minimum atomic E-state index is -0.382. The van der Waals surface area contributed by atoms with Crippen LogP contribution in [0.4, 0.5) is 5.82 Å². The van der Waals surface area contributed by atoms with Crippen LogP contribution in [0.15, 0.2) is 33.0 Å². The quantitative estimate of drug-likeness (QED) is 0.245. The van der Waals surface area contributed by atoms with Crippen molar-refractivity contribution >= 4 is 50.6 Å². The van der Waals surface area contributed by atoms with Gasteiger partial charge >= 0.3 is 0 Å². The van der Waals surface area contributed by atoms with Crippen LogP contribution in [0.2, 0.25) is 0 Å². The Labute approximate surface area is 184 Å². The normalized spacial score (nSPS) is 12.5. The number of unbranched alkanes of at least 4 members (excludes halogenated alkanes) is 2. The summed E-state index contributed by atoms with van der Waals surface area (Å²) in [4.78, 5) is 25.1. The molecule has 0 bridgehead atoms. The number of ether oxygens (including phenoxy) is 2. The van der Waals surface area contributed by atoms with E-state index in [1.165, 1.54) is 18.1 Å². The minimum Gasteiger partial charge on any atom is -0.454 e. The van der Waals surface area contributed by atoms with Gasteiger partial charge in [-0.3, -0.25) is 10.0 Å². The number of aromatic nitrogens is 4. The van der Waals surface area contributed by atoms with Crippen molar-refractivity contribution < 1.29 is 19.5 Å². The second-order valence-electron chi connectivity index (χ2n) is 6.56. The molecule has 1 aromatic carbocycles. The Hall–Kier alpha value is -2.57. The van der Waals surface area contributed by atoms with Gasteiger partial charge in [-0.15, -0.1) is 0 Å². The monoisotopic (exact) mass is 494 g/mol. The van der Waals surface area contributed by atoms with Crippen molar-refractivity contribution in [3.05, 3.63) is 22.9 Å². The summed E-state index contributed by atoms with van der Waals surface area (Å²) in [5, 5.41) is 9.31. The fraction of sp³-hybridized carbons (Fsp3) is 0.333. The van der Waals surface area contributed by atoms with Gasteiger partial charge in [0.2, 0.25) is 12.7 Å². The molecule has 12 heteroatoms. The van der Waals surface area contributed by atoms with Crippen LogP contribution in [-0.2, 0) is 11.3 Å². The first-order valence-electron chi connectivity index (χ1n) is 9.23. The van der Waals surface area contributed by atoms with Gasteiger partial charge in [-0.1, -0.05) is 18.2 Å². The van der Waals surface area contributed by atoms with Crippen molar-refractivity contribution in [2.45, 2.75) is 42.3 Å². The van der Waals surface area contributed by atoms with Crippen molar-refractivity contribution in [1.29, 1.82) is 0 Å². The summed E-state index contributed by atoms with van der Waals surface area (Å²) in [6.45, 7) is 0.854. The molecule has 1 aliphatic rings. The van der Waals surface area contributed by atoms with Gasteiger partial charge < -0.3 is 19.8 Å². The molecule has 0 radical (unpaired) electrons. The summed E-state index contributed by atoms with van der Waals surface area (Å²) in [6.07, 6.45) is 4.00. The Morgan fingerprint density at radius 3 is 2.87 bits per heavy atom. The number of hydrogen-bond donors (Lipinski definition) is 3. The number of halogens is 1. The number of benzene rings is 1. The molecule has 0 spiro atoms. The molecule has 30 heavy (non-hydrogen) atoms. The van der Waals surface area contributed by atoms with Gasteiger partial charge in [0.15, 0.2) is 33.6 Å². The third-order valence-electron chi connectivity index (χ3n) is 4.56. The van der Waals surface area contributed by atoms with Gasteiger partial charge in [0.1, 0.15) is 6.33 Å². The summed E-state index contributed by atoms with van der Waals surface area (Å²) in [5.74, 6) is 1.32. The molecule has 0 saturated carbocycles. The van der Waals surface area contributed by atoms with Gasteiger partial charge in [-0.05, 0) is 40.9 Å². The highest BCUT2D eigenvalue weighted by molar-refractivity contribution is 9.10. The molecular weight excluding hydrogens is 476 g/mol. The first-order chi connectivity index (χ1) is 14.6. The zero-order valence-corrected chi connectivity index (χ0v) is 18.2. The van der Waals surface area contributed by atoms with Crippen LogP contribution in [0.5, 0.6) is 11.5 Å². The fourth-order valence-corrected chi connectivity index (χ4v) is 4.59. The van der Waals surface area contributed by atoms with Crippen molar-refractivity contribution in [2.24, 2.45) is 0 Å². The predicted octanol–water partition coefficient (Wildman–Crippen LogP) is 3.12. The molecule has 0 fully saturated rings. The number of aryl methyl sites for hydroxylation is 1. The lowest BCUT2D eigenvalue weighted by Crippen LogP contribution is -2.17. The van der Waals surface area contributed by atoms with E-state index in [-0.39, 0.29) is 19.1 Å². The largest absolute Gasteiger partial charge is 0.454 e. The molecule has 0 unspecified atom stereocenters. The molecule has 3 aromatic rings. The lowest BCUT2D eigenvalue weighted by Gasteiger charge is -2.10. The van der Waals surface area contributed by atoms with Crippen LogP contribution in [-0.4, -0.2) is 37.4 Å². The molecule has 0 aliphatic carbocycles. The maximum absolute atomic E-state index is 11.2. The van der Waals surface area contributed by atoms with E-state index in [9.17, 15) is 4.79 Å². The first kappa shape index (κ1) is 20.7. The summed E-state index contributed by atoms with van der Waals surface area (Å²) < 4.78 is 13.8. The lowest BCUT2D eigenvalue weighted by atomic mass is 10.2. The first-order valence-corrected chi connectivity index (χ1v) is 10.8. The number of rotatable bonds is 8. The Morgan fingerprint density at radius 2 is 2.07 bits per heavy atom. The highest BCUT2D eigenvalue weighted by Gasteiger charge is 2.20. The fourth-order valence-electron chi connectivity index (χ4n) is 3.08. The van der Waals surface area contributed by atoms with Crippen molar-refractivity contribution in [3.8, 4) is 11.5 Å². The maximum atomic E-state index is 11.2. The molecule has 10 nitrogen and oxygen atoms in total. The molecular formula is C18H19BrN6O4S. The number of nitrogens with one attached hydrogen (secondary N) is 1. The number of fused-ring (bicyclic) bond motifs is 2. The summed E-state index contributed by atoms with van der Waals surface area (Å²) in [5.41, 5.74) is 8.87. The number of amides is 1. The zero-order valence-electron chi connectivity index (χ0n) is 15.8. The topological polar surface area (TPSA) is 137 Å². The van der Waals surface area contributed by atoms with Gasteiger partial charge in [0.05, 0.1) is 0 Å². The molecule has 0 saturated heterocycles. The number of imidazole rings is 1. The molecule has 3 heterocycles. The standard InChI is InChI=1S/C18H19BrN6O4S/c19-10-6-11-12(29-9-28-11)7-13(10)30-18-23-15-16(20)21-8-22-17(15)25(18)5-3-1-2-4-14(26)24-27/h6-8,27H,1-5,9H2,(H,24,26)(H2,20,21,22). The predicted molar refractivity (Wildman–Crippen MR) is 113 cm³/mol. The van der Waals surface area contributed by atoms with Gasteiger partial charge in [0.25, 0.3) is 0 Å². The molecule has 4 N–H and O–H groups in total. The van der Waals surface area contributed by atoms with Gasteiger partial charge in [-0.2, -0.15) is 0 Å². The number of anilines is 1. The third kappa shape index (κ3) is 4.30. The molecule has 2 aromatic heterocycles. The smallest absolute Gasteiger partial charge is 0.243 e. The average molecular weight is 495 g/mol. The Kier molecular flexibility index (Phi) is 6.25. The molecule has 4 rings (SSSR count). The van der Waals surface area contributed by atoms with E-state index in [1.54, 1.807) is 5.48 Å². The van der Waals surface area contributed by atoms with Crippen LogP contribution in [0.25, 0.3) is 11.2 Å². The van der Waals surface area contributed by atoms with E-state index in [1.807, 2.05) is 16.7 Å². The highest BCUT2D eigenvalue weighted by Crippen LogP contribution is 2.43. The molecule has 158 valence electrons. The number of hydrogen-bond acceptors (Lipinski definition) is 9. The van der Waals surface area contributed by atoms with Crippen LogP contribution >= 0.6 is 27.7 Å². The summed E-state index contributed by atoms with van der Waals surface area (Å²) >= 11 is 5.04. The van der Waals surface area contributed by atoms with E-state index >= 15 is 0 Å². The Balaban J connectivity index is 1.57. The van der Waals surface area contributed by atoms with Crippen molar-refractivity contribution in [2.75, 3.05) is 12.5 Å². The lowest BCUT2D eigenvalue weighted by molar-refractivity contribution is -0.129. The van der Waals surface area contributed by atoms with E-state index < -0.39 is 0 Å². The van der Waals surface area contributed by atoms with E-state index in [2.05, 4.69) is 30.9 Å². The average Bonchev–Trinajstić information content (AvgIpc) is 3.33. The highest BCUT2D eigenvalue weighted by atomic mass is 79.9. The van der Waals surface area contributed by atoms with Gasteiger partial charge in [0, 0.05) is 22.3 Å². The number of nitrogens with zero attached hydrogens (tertiary/aromatic N) is 4. The molecule has 0 atom stereocenters. The third-order valence-corrected chi connectivity index (χ3v) is 6.53. The van der Waals surface area contributed by atoms with E-state index in [4.69, 9.17) is 20.4 Å². The van der Waals surface area contributed by atoms with Crippen LogP contribution < -0.4 is 20.7 Å². The number of carbonyl (C=O) groups is 1. The summed E-state index contributed by atoms with van der Waals surface area (Å²) in [7, 11) is 0. The number of nitrogens with two attached hydrogens (primary N) is 1. The van der Waals surface area contributed by atoms with Crippen molar-refractivity contribution in [3.63, 3.8) is 0 Å². The SMILES string of the molecule is Nc1ncnc2c1nc(Sc1cc3c(cc1Br)OCO3)n2CCCCCC(=O)NO. The Bertz CT molecular complexity index is 1090. The van der Waals surface area contributed by atoms with Crippen LogP contribution in [0.3, 0.4) is 0 Å². The van der Waals surface area contributed by atoms with E-state index in [0.717, 1.165) is 27.4 Å². The van der Waals surface area contributed by atoms with Crippen LogP contribution in [0.1, 0.15) is 25.7 Å².